The van der Waals surface area contributed by atoms with Gasteiger partial charge >= 0.3 is 0 Å². The predicted octanol–water partition coefficient (Wildman–Crippen LogP) is 0.419. The highest BCUT2D eigenvalue weighted by Gasteiger charge is 2.14. The van der Waals surface area contributed by atoms with E-state index in [0.29, 0.717) is 10.9 Å². The van der Waals surface area contributed by atoms with E-state index in [9.17, 15) is 9.59 Å². The summed E-state index contributed by atoms with van der Waals surface area (Å²) in [6.07, 6.45) is 0. The molecule has 0 spiro atoms. The van der Waals surface area contributed by atoms with Crippen molar-refractivity contribution in [3.05, 3.63) is 22.9 Å². The van der Waals surface area contributed by atoms with E-state index in [1.165, 1.54) is 11.3 Å². The molecule has 8 nitrogen and oxygen atoms in total. The lowest BCUT2D eigenvalue weighted by Crippen LogP contribution is -2.17. The number of aromatic nitrogens is 2. The van der Waals surface area contributed by atoms with Gasteiger partial charge in [-0.25, -0.2) is 0 Å². The Morgan fingerprint density at radius 2 is 2.25 bits per heavy atom. The quantitative estimate of drug-likeness (QED) is 0.657. The van der Waals surface area contributed by atoms with Crippen molar-refractivity contribution in [1.29, 1.82) is 0 Å². The van der Waals surface area contributed by atoms with Crippen molar-refractivity contribution < 1.29 is 14.0 Å². The van der Waals surface area contributed by atoms with Crippen LogP contribution in [0.1, 0.15) is 16.2 Å². The molecule has 0 atom stereocenters. The van der Waals surface area contributed by atoms with Crippen molar-refractivity contribution >= 4 is 39.9 Å². The molecule has 2 amide bonds. The average Bonchev–Trinajstić information content (AvgIpc) is 3.04. The fraction of sp³-hybridized carbons (Fsp3) is 0.200. The zero-order valence-corrected chi connectivity index (χ0v) is 11.8. The molecule has 0 aliphatic heterocycles. The summed E-state index contributed by atoms with van der Waals surface area (Å²) in [6, 6.07) is 1.56. The van der Waals surface area contributed by atoms with Crippen LogP contribution in [-0.2, 0) is 11.3 Å². The van der Waals surface area contributed by atoms with E-state index in [1.54, 1.807) is 11.4 Å². The molecule has 0 bridgehead atoms. The summed E-state index contributed by atoms with van der Waals surface area (Å²) in [5.74, 6) is -0.504. The van der Waals surface area contributed by atoms with E-state index in [0.717, 1.165) is 11.8 Å². The maximum absolute atomic E-state index is 11.7. The Morgan fingerprint density at radius 3 is 2.90 bits per heavy atom. The Hall–Kier alpha value is -1.91. The molecular formula is C10H11N5O3S2. The molecular weight excluding hydrogens is 302 g/mol. The third-order valence-electron chi connectivity index (χ3n) is 2.13. The lowest BCUT2D eigenvalue weighted by atomic mass is 10.3. The summed E-state index contributed by atoms with van der Waals surface area (Å²) in [4.78, 5) is 22.8. The monoisotopic (exact) mass is 313 g/mol. The summed E-state index contributed by atoms with van der Waals surface area (Å²) in [5.41, 5.74) is 10.8. The van der Waals surface area contributed by atoms with E-state index in [4.69, 9.17) is 15.9 Å². The van der Waals surface area contributed by atoms with Gasteiger partial charge in [-0.05, 0) is 11.4 Å². The first-order valence-corrected chi connectivity index (χ1v) is 7.29. The number of thioether (sulfide) groups is 1. The number of carbonyl (C=O) groups excluding carboxylic acids is 2. The summed E-state index contributed by atoms with van der Waals surface area (Å²) in [7, 11) is 0. The number of primary amides is 1. The van der Waals surface area contributed by atoms with Gasteiger partial charge in [0, 0.05) is 0 Å². The molecule has 5 N–H and O–H groups in total. The summed E-state index contributed by atoms with van der Waals surface area (Å²) in [6.45, 7) is 0.150. The molecule has 0 aliphatic rings. The van der Waals surface area contributed by atoms with Gasteiger partial charge in [0.2, 0.25) is 11.8 Å². The Balaban J connectivity index is 1.89. The van der Waals surface area contributed by atoms with Crippen LogP contribution < -0.4 is 16.8 Å². The van der Waals surface area contributed by atoms with Gasteiger partial charge in [0.1, 0.15) is 5.00 Å². The van der Waals surface area contributed by atoms with Crippen LogP contribution in [0.4, 0.5) is 5.00 Å². The number of hydrogen-bond acceptors (Lipinski definition) is 8. The van der Waals surface area contributed by atoms with Crippen LogP contribution in [0.25, 0.3) is 0 Å². The number of thiophene rings is 1. The zero-order chi connectivity index (χ0) is 14.5. The molecule has 0 aromatic carbocycles. The number of hydrogen-bond donors (Lipinski definition) is 3. The summed E-state index contributed by atoms with van der Waals surface area (Å²) >= 11 is 2.31. The Morgan fingerprint density at radius 1 is 1.45 bits per heavy atom. The van der Waals surface area contributed by atoms with E-state index in [1.807, 2.05) is 0 Å². The largest absolute Gasteiger partial charge is 0.415 e. The number of nitrogens with one attached hydrogen (secondary N) is 1. The number of nitrogens with two attached hydrogens (primary N) is 2. The predicted molar refractivity (Wildman–Crippen MR) is 74.4 cm³/mol. The smallest absolute Gasteiger partial charge is 0.277 e. The second kappa shape index (κ2) is 6.50. The topological polar surface area (TPSA) is 137 Å². The maximum Gasteiger partial charge on any atom is 0.277 e. The first kappa shape index (κ1) is 14.5. The molecule has 2 heterocycles. The van der Waals surface area contributed by atoms with Gasteiger partial charge in [-0.1, -0.05) is 11.8 Å². The van der Waals surface area contributed by atoms with Crippen molar-refractivity contribution in [3.8, 4) is 0 Å². The Labute approximate surface area is 121 Å². The van der Waals surface area contributed by atoms with Crippen molar-refractivity contribution in [2.75, 3.05) is 11.1 Å². The normalized spacial score (nSPS) is 10.4. The molecule has 0 radical (unpaired) electrons. The van der Waals surface area contributed by atoms with Gasteiger partial charge in [-0.3, -0.25) is 9.59 Å². The molecule has 106 valence electrons. The Kier molecular flexibility index (Phi) is 4.71. The minimum Gasteiger partial charge on any atom is -0.415 e. The molecule has 2 aromatic rings. The van der Waals surface area contributed by atoms with Gasteiger partial charge in [0.05, 0.1) is 17.9 Å². The van der Waals surface area contributed by atoms with Crippen molar-refractivity contribution in [3.63, 3.8) is 0 Å². The van der Waals surface area contributed by atoms with Crippen molar-refractivity contribution in [1.82, 2.24) is 10.2 Å². The lowest BCUT2D eigenvalue weighted by molar-refractivity contribution is -0.113. The zero-order valence-electron chi connectivity index (χ0n) is 10.2. The van der Waals surface area contributed by atoms with Crippen LogP contribution >= 0.6 is 23.1 Å². The van der Waals surface area contributed by atoms with Crippen molar-refractivity contribution in [2.45, 2.75) is 11.8 Å². The number of rotatable bonds is 6. The van der Waals surface area contributed by atoms with Crippen LogP contribution in [0.3, 0.4) is 0 Å². The molecule has 0 unspecified atom stereocenters. The summed E-state index contributed by atoms with van der Waals surface area (Å²) < 4.78 is 5.14. The third-order valence-corrected chi connectivity index (χ3v) is 3.78. The molecule has 10 heteroatoms. The van der Waals surface area contributed by atoms with Gasteiger partial charge < -0.3 is 21.2 Å². The van der Waals surface area contributed by atoms with Crippen LogP contribution in [0, 0.1) is 0 Å². The van der Waals surface area contributed by atoms with Gasteiger partial charge in [0.25, 0.3) is 11.1 Å². The van der Waals surface area contributed by atoms with E-state index >= 15 is 0 Å². The van der Waals surface area contributed by atoms with E-state index < -0.39 is 5.91 Å². The minimum absolute atomic E-state index is 0.0717. The SMILES string of the molecule is NCc1nnc(SCC(=O)Nc2sccc2C(N)=O)o1. The van der Waals surface area contributed by atoms with Gasteiger partial charge in [-0.2, -0.15) is 0 Å². The molecule has 0 aliphatic carbocycles. The fourth-order valence-electron chi connectivity index (χ4n) is 1.27. The summed E-state index contributed by atoms with van der Waals surface area (Å²) in [5, 5.41) is 12.4. The highest BCUT2D eigenvalue weighted by atomic mass is 32.2. The minimum atomic E-state index is -0.585. The first-order chi connectivity index (χ1) is 9.60. The first-order valence-electron chi connectivity index (χ1n) is 5.42. The fourth-order valence-corrected chi connectivity index (χ4v) is 2.66. The molecule has 0 saturated carbocycles. The average molecular weight is 313 g/mol. The van der Waals surface area contributed by atoms with Crippen LogP contribution in [0.15, 0.2) is 21.1 Å². The molecule has 20 heavy (non-hydrogen) atoms. The van der Waals surface area contributed by atoms with Crippen molar-refractivity contribution in [2.24, 2.45) is 11.5 Å². The number of anilines is 1. The molecule has 2 rings (SSSR count). The Bertz CT molecular complexity index is 624. The number of carbonyl (C=O) groups is 2. The highest BCUT2D eigenvalue weighted by molar-refractivity contribution is 7.99. The second-order valence-corrected chi connectivity index (χ2v) is 5.37. The molecule has 2 aromatic heterocycles. The molecule has 0 saturated heterocycles. The standard InChI is InChI=1S/C10H11N5O3S2/c11-3-7-14-15-10(18-7)20-4-6(16)13-9-5(8(12)17)1-2-19-9/h1-2H,3-4,11H2,(H2,12,17)(H,13,16). The number of nitrogens with zero attached hydrogens (tertiary/aromatic N) is 2. The molecule has 0 fully saturated rings. The number of amides is 2. The van der Waals surface area contributed by atoms with E-state index in [2.05, 4.69) is 15.5 Å². The van der Waals surface area contributed by atoms with Crippen LogP contribution in [0.2, 0.25) is 0 Å². The van der Waals surface area contributed by atoms with E-state index in [-0.39, 0.29) is 29.0 Å². The van der Waals surface area contributed by atoms with Crippen LogP contribution in [0.5, 0.6) is 0 Å². The van der Waals surface area contributed by atoms with Gasteiger partial charge in [-0.15, -0.1) is 21.5 Å². The lowest BCUT2D eigenvalue weighted by Gasteiger charge is -2.02. The maximum atomic E-state index is 11.7. The third kappa shape index (κ3) is 3.56. The van der Waals surface area contributed by atoms with Crippen LogP contribution in [-0.4, -0.2) is 27.8 Å². The second-order valence-electron chi connectivity index (χ2n) is 3.53. The van der Waals surface area contributed by atoms with Gasteiger partial charge in [0.15, 0.2) is 0 Å². The highest BCUT2D eigenvalue weighted by Crippen LogP contribution is 2.23.